The van der Waals surface area contributed by atoms with Crippen LogP contribution in [0.1, 0.15) is 29.8 Å². The summed E-state index contributed by atoms with van der Waals surface area (Å²) in [5.41, 5.74) is 1.56. The van der Waals surface area contributed by atoms with E-state index in [0.29, 0.717) is 23.5 Å². The highest BCUT2D eigenvalue weighted by molar-refractivity contribution is 7.90. The van der Waals surface area contributed by atoms with Crippen LogP contribution in [0.25, 0.3) is 0 Å². The molecule has 1 aliphatic rings. The van der Waals surface area contributed by atoms with E-state index in [1.54, 1.807) is 18.2 Å². The van der Waals surface area contributed by atoms with E-state index in [4.69, 9.17) is 11.6 Å². The van der Waals surface area contributed by atoms with E-state index in [1.807, 2.05) is 0 Å². The predicted octanol–water partition coefficient (Wildman–Crippen LogP) is 2.90. The first-order chi connectivity index (χ1) is 16.1. The molecule has 3 rings (SSSR count). The normalized spacial score (nSPS) is 15.4. The van der Waals surface area contributed by atoms with E-state index in [1.165, 1.54) is 6.07 Å². The standard InChI is InChI=1S/C23H28ClFN4O4S/c1-3-29(4-2)10-9-26-22(30)15-6-8-19-20(11-15)28-23(31)21(27-19)14-34(32,33)13-16-5-7-17(25)12-18(16)24/h5-8,11-12,21,27H,3-4,9-10,13-14H2,1-2H3,(H,26,30)(H,28,31)/t21-/m0/s1. The maximum absolute atomic E-state index is 13.2. The number of anilines is 2. The van der Waals surface area contributed by atoms with Gasteiger partial charge in [-0.05, 0) is 49.0 Å². The molecule has 2 aromatic rings. The maximum atomic E-state index is 13.2. The second-order valence-electron chi connectivity index (χ2n) is 8.02. The van der Waals surface area contributed by atoms with Gasteiger partial charge in [0.1, 0.15) is 11.9 Å². The topological polar surface area (TPSA) is 108 Å². The number of hydrogen-bond donors (Lipinski definition) is 3. The zero-order valence-electron chi connectivity index (χ0n) is 19.0. The molecule has 3 N–H and O–H groups in total. The minimum Gasteiger partial charge on any atom is -0.371 e. The average Bonchev–Trinajstić information content (AvgIpc) is 2.78. The number of sulfone groups is 1. The van der Waals surface area contributed by atoms with Crippen LogP contribution in [0, 0.1) is 5.82 Å². The summed E-state index contributed by atoms with van der Waals surface area (Å²) in [6, 6.07) is 7.26. The third-order valence-corrected chi connectivity index (χ3v) is 7.55. The first-order valence-electron chi connectivity index (χ1n) is 11.0. The van der Waals surface area contributed by atoms with Gasteiger partial charge in [0.2, 0.25) is 5.91 Å². The minimum atomic E-state index is -3.75. The van der Waals surface area contributed by atoms with E-state index in [-0.39, 0.29) is 16.5 Å². The van der Waals surface area contributed by atoms with E-state index in [0.717, 1.165) is 31.8 Å². The number of benzene rings is 2. The van der Waals surface area contributed by atoms with Crippen LogP contribution in [0.3, 0.4) is 0 Å². The first kappa shape index (κ1) is 25.9. The fourth-order valence-electron chi connectivity index (χ4n) is 3.66. The van der Waals surface area contributed by atoms with Crippen molar-refractivity contribution in [3.63, 3.8) is 0 Å². The third kappa shape index (κ3) is 6.68. The van der Waals surface area contributed by atoms with Gasteiger partial charge >= 0.3 is 0 Å². The molecule has 0 fully saturated rings. The van der Waals surface area contributed by atoms with Crippen LogP contribution in [-0.4, -0.2) is 63.1 Å². The smallest absolute Gasteiger partial charge is 0.251 e. The number of carbonyl (C=O) groups is 2. The second kappa shape index (κ2) is 11.2. The zero-order chi connectivity index (χ0) is 24.9. The van der Waals surface area contributed by atoms with Gasteiger partial charge in [0.05, 0.1) is 22.9 Å². The fraction of sp³-hybridized carbons (Fsp3) is 0.391. The number of carbonyl (C=O) groups excluding carboxylic acids is 2. The highest BCUT2D eigenvalue weighted by Gasteiger charge is 2.31. The van der Waals surface area contributed by atoms with Crippen LogP contribution in [0.4, 0.5) is 15.8 Å². The van der Waals surface area contributed by atoms with Crippen molar-refractivity contribution in [1.82, 2.24) is 10.2 Å². The maximum Gasteiger partial charge on any atom is 0.251 e. The Bertz CT molecular complexity index is 1170. The van der Waals surface area contributed by atoms with Crippen molar-refractivity contribution in [1.29, 1.82) is 0 Å². The molecule has 2 amide bonds. The Balaban J connectivity index is 1.63. The molecule has 184 valence electrons. The molecule has 1 atom stereocenters. The molecule has 0 unspecified atom stereocenters. The third-order valence-electron chi connectivity index (χ3n) is 5.60. The van der Waals surface area contributed by atoms with Gasteiger partial charge in [-0.15, -0.1) is 0 Å². The SMILES string of the molecule is CCN(CC)CCNC(=O)c1ccc2c(c1)NC(=O)[C@H](CS(=O)(=O)Cc1ccc(F)cc1Cl)N2. The summed E-state index contributed by atoms with van der Waals surface area (Å²) in [7, 11) is -3.75. The van der Waals surface area contributed by atoms with Gasteiger partial charge in [0.15, 0.2) is 9.84 Å². The molecule has 8 nitrogen and oxygen atoms in total. The van der Waals surface area contributed by atoms with E-state index >= 15 is 0 Å². The summed E-state index contributed by atoms with van der Waals surface area (Å²) in [4.78, 5) is 27.2. The van der Waals surface area contributed by atoms with Crippen molar-refractivity contribution >= 4 is 44.6 Å². The van der Waals surface area contributed by atoms with Gasteiger partial charge in [-0.1, -0.05) is 31.5 Å². The average molecular weight is 511 g/mol. The Labute approximate surface area is 203 Å². The van der Waals surface area contributed by atoms with Gasteiger partial charge in [-0.2, -0.15) is 0 Å². The molecule has 2 aromatic carbocycles. The molecule has 1 heterocycles. The molecule has 0 bridgehead atoms. The largest absolute Gasteiger partial charge is 0.371 e. The number of fused-ring (bicyclic) bond motifs is 1. The van der Waals surface area contributed by atoms with Gasteiger partial charge in [0, 0.05) is 23.7 Å². The van der Waals surface area contributed by atoms with Crippen LogP contribution in [0.5, 0.6) is 0 Å². The van der Waals surface area contributed by atoms with E-state index in [2.05, 4.69) is 34.7 Å². The molecule has 11 heteroatoms. The Morgan fingerprint density at radius 2 is 1.88 bits per heavy atom. The number of amides is 2. The Morgan fingerprint density at radius 1 is 1.15 bits per heavy atom. The Kier molecular flexibility index (Phi) is 8.51. The molecule has 0 spiro atoms. The summed E-state index contributed by atoms with van der Waals surface area (Å²) in [6.07, 6.45) is 0. The van der Waals surface area contributed by atoms with Crippen molar-refractivity contribution < 1.29 is 22.4 Å². The number of nitrogens with zero attached hydrogens (tertiary/aromatic N) is 1. The lowest BCUT2D eigenvalue weighted by molar-refractivity contribution is -0.116. The molecule has 0 saturated carbocycles. The van der Waals surface area contributed by atoms with Crippen molar-refractivity contribution in [3.8, 4) is 0 Å². The molecular weight excluding hydrogens is 483 g/mol. The zero-order valence-corrected chi connectivity index (χ0v) is 20.6. The monoisotopic (exact) mass is 510 g/mol. The van der Waals surface area contributed by atoms with Crippen molar-refractivity contribution in [3.05, 3.63) is 58.4 Å². The quantitative estimate of drug-likeness (QED) is 0.453. The van der Waals surface area contributed by atoms with Gasteiger partial charge in [0.25, 0.3) is 5.91 Å². The predicted molar refractivity (Wildman–Crippen MR) is 132 cm³/mol. The lowest BCUT2D eigenvalue weighted by Crippen LogP contribution is -2.43. The summed E-state index contributed by atoms with van der Waals surface area (Å²) in [5.74, 6) is -2.24. The van der Waals surface area contributed by atoms with Crippen LogP contribution in [0.15, 0.2) is 36.4 Å². The summed E-state index contributed by atoms with van der Waals surface area (Å²) >= 11 is 5.94. The van der Waals surface area contributed by atoms with E-state index in [9.17, 15) is 22.4 Å². The lowest BCUT2D eigenvalue weighted by Gasteiger charge is -2.27. The number of nitrogens with one attached hydrogen (secondary N) is 3. The molecule has 1 aliphatic heterocycles. The van der Waals surface area contributed by atoms with Crippen LogP contribution in [-0.2, 0) is 20.4 Å². The van der Waals surface area contributed by atoms with Crippen LogP contribution in [0.2, 0.25) is 5.02 Å². The Hall–Kier alpha value is -2.69. The molecule has 0 aliphatic carbocycles. The van der Waals surface area contributed by atoms with Crippen molar-refractivity contribution in [2.45, 2.75) is 25.6 Å². The number of hydrogen-bond acceptors (Lipinski definition) is 6. The summed E-state index contributed by atoms with van der Waals surface area (Å²) in [6.45, 7) is 7.15. The molecule has 0 radical (unpaired) electrons. The fourth-order valence-corrected chi connectivity index (χ4v) is 5.56. The molecule has 34 heavy (non-hydrogen) atoms. The van der Waals surface area contributed by atoms with Crippen LogP contribution >= 0.6 is 11.6 Å². The molecule has 0 saturated heterocycles. The first-order valence-corrected chi connectivity index (χ1v) is 13.2. The van der Waals surface area contributed by atoms with Crippen molar-refractivity contribution in [2.24, 2.45) is 0 Å². The number of rotatable bonds is 10. The molecule has 0 aromatic heterocycles. The second-order valence-corrected chi connectivity index (χ2v) is 10.5. The van der Waals surface area contributed by atoms with Gasteiger partial charge in [-0.25, -0.2) is 12.8 Å². The van der Waals surface area contributed by atoms with Gasteiger partial charge in [-0.3, -0.25) is 9.59 Å². The minimum absolute atomic E-state index is 0.0119. The number of likely N-dealkylation sites (N-methyl/N-ethyl adjacent to an activating group) is 1. The molecular formula is C23H28ClFN4O4S. The summed E-state index contributed by atoms with van der Waals surface area (Å²) in [5, 5.41) is 8.47. The number of halogens is 2. The highest BCUT2D eigenvalue weighted by atomic mass is 35.5. The van der Waals surface area contributed by atoms with E-state index < -0.39 is 39.1 Å². The Morgan fingerprint density at radius 3 is 2.56 bits per heavy atom. The van der Waals surface area contributed by atoms with Crippen LogP contribution < -0.4 is 16.0 Å². The summed E-state index contributed by atoms with van der Waals surface area (Å²) < 4.78 is 38.6. The van der Waals surface area contributed by atoms with Gasteiger partial charge < -0.3 is 20.9 Å². The van der Waals surface area contributed by atoms with Crippen molar-refractivity contribution in [2.75, 3.05) is 42.6 Å². The lowest BCUT2D eigenvalue weighted by atomic mass is 10.1. The highest BCUT2D eigenvalue weighted by Crippen LogP contribution is 2.29.